The standard InChI is InChI=1S/C7H6Ge/c1-5-8(4,6-2)7-3/h1-3H,4H3. The molecule has 0 aromatic carbocycles. The quantitative estimate of drug-likeness (QED) is 0.361. The fourth-order valence-corrected chi connectivity index (χ4v) is 0.650. The van der Waals surface area contributed by atoms with Crippen LogP contribution in [-0.2, 0) is 0 Å². The normalized spacial score (nSPS) is 8.25. The third-order valence-corrected chi connectivity index (χ3v) is 4.50. The van der Waals surface area contributed by atoms with Crippen LogP contribution in [0.2, 0.25) is 5.76 Å². The first-order valence-corrected chi connectivity index (χ1v) is 7.36. The topological polar surface area (TPSA) is 0 Å². The summed E-state index contributed by atoms with van der Waals surface area (Å²) in [7, 11) is 0. The third kappa shape index (κ3) is 1.38. The molecule has 1 heteroatoms. The summed E-state index contributed by atoms with van der Waals surface area (Å²) in [6.45, 7) is 0. The average molecular weight is 163 g/mol. The van der Waals surface area contributed by atoms with Crippen LogP contribution in [0.15, 0.2) is 0 Å². The Morgan fingerprint density at radius 1 is 1.00 bits per heavy atom. The molecule has 38 valence electrons. The van der Waals surface area contributed by atoms with E-state index >= 15 is 0 Å². The summed E-state index contributed by atoms with van der Waals surface area (Å²) in [6.07, 6.45) is 15.2. The number of terminal acetylenes is 3. The zero-order chi connectivity index (χ0) is 6.62. The minimum absolute atomic E-state index is 1.83. The molecule has 0 aliphatic rings. The second-order valence-electron chi connectivity index (χ2n) is 1.56. The first kappa shape index (κ1) is 7.22. The molecule has 0 fully saturated rings. The van der Waals surface area contributed by atoms with E-state index in [1.54, 1.807) is 0 Å². The Hall–Kier alpha value is -0.777. The van der Waals surface area contributed by atoms with Gasteiger partial charge in [-0.2, -0.15) is 0 Å². The molecule has 0 amide bonds. The maximum atomic E-state index is 5.08. The van der Waals surface area contributed by atoms with Crippen molar-refractivity contribution in [3.8, 4) is 33.5 Å². The molecule has 0 atom stereocenters. The van der Waals surface area contributed by atoms with E-state index in [4.69, 9.17) is 19.3 Å². The van der Waals surface area contributed by atoms with Gasteiger partial charge in [-0.3, -0.25) is 0 Å². The van der Waals surface area contributed by atoms with Gasteiger partial charge in [0, 0.05) is 0 Å². The maximum absolute atomic E-state index is 5.08. The zero-order valence-electron chi connectivity index (χ0n) is 4.73. The van der Waals surface area contributed by atoms with Crippen LogP contribution in [0.5, 0.6) is 0 Å². The van der Waals surface area contributed by atoms with Gasteiger partial charge in [-0.1, -0.05) is 0 Å². The number of hydrogen-bond donors (Lipinski definition) is 0. The van der Waals surface area contributed by atoms with Crippen LogP contribution < -0.4 is 0 Å². The van der Waals surface area contributed by atoms with Crippen molar-refractivity contribution in [2.45, 2.75) is 5.76 Å². The Morgan fingerprint density at radius 2 is 1.25 bits per heavy atom. The van der Waals surface area contributed by atoms with Crippen LogP contribution in [0.1, 0.15) is 0 Å². The molecule has 0 aromatic rings. The first-order chi connectivity index (χ1) is 3.68. The van der Waals surface area contributed by atoms with Gasteiger partial charge < -0.3 is 0 Å². The second-order valence-corrected chi connectivity index (χ2v) is 8.10. The van der Waals surface area contributed by atoms with E-state index in [-0.39, 0.29) is 0 Å². The monoisotopic (exact) mass is 164 g/mol. The van der Waals surface area contributed by atoms with Gasteiger partial charge in [0.05, 0.1) is 0 Å². The van der Waals surface area contributed by atoms with Crippen molar-refractivity contribution in [3.63, 3.8) is 0 Å². The van der Waals surface area contributed by atoms with E-state index < -0.39 is 13.3 Å². The minimum atomic E-state index is -2.54. The van der Waals surface area contributed by atoms with Gasteiger partial charge in [-0.15, -0.1) is 0 Å². The molecule has 0 heterocycles. The summed E-state index contributed by atoms with van der Waals surface area (Å²) in [5, 5.41) is 0. The van der Waals surface area contributed by atoms with Crippen molar-refractivity contribution in [2.24, 2.45) is 0 Å². The van der Waals surface area contributed by atoms with Crippen molar-refractivity contribution in [1.29, 1.82) is 0 Å². The van der Waals surface area contributed by atoms with Crippen LogP contribution >= 0.6 is 0 Å². The van der Waals surface area contributed by atoms with E-state index in [2.05, 4.69) is 14.3 Å². The Morgan fingerprint density at radius 3 is 1.25 bits per heavy atom. The van der Waals surface area contributed by atoms with E-state index in [1.807, 2.05) is 5.76 Å². The molecular weight excluding hydrogens is 157 g/mol. The van der Waals surface area contributed by atoms with Gasteiger partial charge in [0.1, 0.15) is 0 Å². The second kappa shape index (κ2) is 2.51. The molecule has 0 saturated carbocycles. The van der Waals surface area contributed by atoms with Gasteiger partial charge in [-0.05, 0) is 0 Å². The van der Waals surface area contributed by atoms with Crippen LogP contribution in [0.25, 0.3) is 0 Å². The Balaban J connectivity index is 4.42. The summed E-state index contributed by atoms with van der Waals surface area (Å²) in [5.41, 5.74) is 0. The van der Waals surface area contributed by atoms with Crippen molar-refractivity contribution < 1.29 is 0 Å². The van der Waals surface area contributed by atoms with Gasteiger partial charge >= 0.3 is 52.6 Å². The van der Waals surface area contributed by atoms with Gasteiger partial charge in [0.2, 0.25) is 0 Å². The molecule has 0 aromatic heterocycles. The molecule has 8 heavy (non-hydrogen) atoms. The zero-order valence-corrected chi connectivity index (χ0v) is 6.83. The predicted molar refractivity (Wildman–Crippen MR) is 38.1 cm³/mol. The van der Waals surface area contributed by atoms with Crippen LogP contribution in [0.3, 0.4) is 0 Å². The van der Waals surface area contributed by atoms with Crippen LogP contribution in [0.4, 0.5) is 0 Å². The molecule has 0 N–H and O–H groups in total. The molecular formula is C7H6Ge. The third-order valence-electron chi connectivity index (χ3n) is 0.866. The van der Waals surface area contributed by atoms with Crippen molar-refractivity contribution in [2.75, 3.05) is 0 Å². The number of hydrogen-bond acceptors (Lipinski definition) is 0. The first-order valence-electron chi connectivity index (χ1n) is 2.12. The van der Waals surface area contributed by atoms with Crippen molar-refractivity contribution in [1.82, 2.24) is 0 Å². The summed E-state index contributed by atoms with van der Waals surface area (Å²) in [6, 6.07) is 0. The molecule has 0 saturated heterocycles. The van der Waals surface area contributed by atoms with E-state index in [0.29, 0.717) is 0 Å². The molecule has 0 radical (unpaired) electrons. The van der Waals surface area contributed by atoms with Crippen molar-refractivity contribution in [3.05, 3.63) is 0 Å². The van der Waals surface area contributed by atoms with Gasteiger partial charge in [0.15, 0.2) is 0 Å². The molecule has 0 unspecified atom stereocenters. The van der Waals surface area contributed by atoms with Crippen molar-refractivity contribution >= 4 is 13.3 Å². The molecule has 0 spiro atoms. The van der Waals surface area contributed by atoms with Gasteiger partial charge in [0.25, 0.3) is 0 Å². The fourth-order valence-electron chi connectivity index (χ4n) is 0.125. The Kier molecular flexibility index (Phi) is 2.27. The Labute approximate surface area is 53.0 Å². The fraction of sp³-hybridized carbons (Fsp3) is 0.143. The summed E-state index contributed by atoms with van der Waals surface area (Å²) >= 11 is -2.54. The SMILES string of the molecule is C#[C][Ge]([CH3])([C]#C)[C]#C. The average Bonchev–Trinajstić information content (AvgIpc) is 1.87. The van der Waals surface area contributed by atoms with E-state index in [0.717, 1.165) is 0 Å². The molecule has 0 aliphatic heterocycles. The summed E-state index contributed by atoms with van der Waals surface area (Å²) in [5.74, 6) is 1.83. The van der Waals surface area contributed by atoms with Crippen LogP contribution in [0, 0.1) is 33.5 Å². The molecule has 0 rings (SSSR count). The number of rotatable bonds is 0. The summed E-state index contributed by atoms with van der Waals surface area (Å²) < 4.78 is 7.48. The Bertz CT molecular complexity index is 158. The molecule has 0 bridgehead atoms. The van der Waals surface area contributed by atoms with E-state index in [1.165, 1.54) is 0 Å². The summed E-state index contributed by atoms with van der Waals surface area (Å²) in [4.78, 5) is 0. The van der Waals surface area contributed by atoms with E-state index in [9.17, 15) is 0 Å². The predicted octanol–water partition coefficient (Wildman–Crippen LogP) is 0.582. The van der Waals surface area contributed by atoms with Gasteiger partial charge in [-0.25, -0.2) is 0 Å². The van der Waals surface area contributed by atoms with Crippen LogP contribution in [-0.4, -0.2) is 13.3 Å². The molecule has 0 nitrogen and oxygen atoms in total. The molecule has 0 aliphatic carbocycles.